The van der Waals surface area contributed by atoms with Gasteiger partial charge in [0.25, 0.3) is 0 Å². The first kappa shape index (κ1) is 16.7. The largest absolute Gasteiger partial charge is 0.326 e. The van der Waals surface area contributed by atoms with Crippen LogP contribution in [0.15, 0.2) is 48.5 Å². The quantitative estimate of drug-likeness (QED) is 0.915. The third-order valence-corrected chi connectivity index (χ3v) is 3.80. The van der Waals surface area contributed by atoms with E-state index in [1.807, 2.05) is 62.4 Å². The lowest BCUT2D eigenvalue weighted by Gasteiger charge is -2.22. The van der Waals surface area contributed by atoms with Crippen LogP contribution in [0, 0.1) is 13.8 Å². The number of hydrogen-bond donors (Lipinski definition) is 1. The molecule has 0 saturated heterocycles. The minimum absolute atomic E-state index is 0.0687. The van der Waals surface area contributed by atoms with Crippen molar-refractivity contribution in [1.29, 1.82) is 0 Å². The Morgan fingerprint density at radius 2 is 1.70 bits per heavy atom. The average molecular weight is 310 g/mol. The maximum absolute atomic E-state index is 12.0. The van der Waals surface area contributed by atoms with Crippen LogP contribution in [0.4, 0.5) is 11.4 Å². The molecule has 120 valence electrons. The molecule has 0 aromatic heterocycles. The third-order valence-electron chi connectivity index (χ3n) is 3.80. The van der Waals surface area contributed by atoms with E-state index in [1.165, 1.54) is 12.5 Å². The van der Waals surface area contributed by atoms with Gasteiger partial charge in [-0.15, -0.1) is 0 Å². The normalized spacial score (nSPS) is 10.2. The number of benzene rings is 2. The van der Waals surface area contributed by atoms with Gasteiger partial charge >= 0.3 is 0 Å². The van der Waals surface area contributed by atoms with E-state index in [1.54, 1.807) is 4.90 Å². The van der Waals surface area contributed by atoms with Gasteiger partial charge in [0, 0.05) is 31.3 Å². The van der Waals surface area contributed by atoms with Gasteiger partial charge in [0.2, 0.25) is 11.8 Å². The van der Waals surface area contributed by atoms with Gasteiger partial charge in [-0.2, -0.15) is 0 Å². The standard InChI is InChI=1S/C19H22N2O2/c1-14-9-10-18(13-15(14)2)21(16(3)22)12-11-19(23)20-17-7-5-4-6-8-17/h4-10,13H,11-12H2,1-3H3,(H,20,23). The van der Waals surface area contributed by atoms with Crippen LogP contribution in [0.2, 0.25) is 0 Å². The van der Waals surface area contributed by atoms with Crippen LogP contribution in [-0.2, 0) is 9.59 Å². The molecule has 0 aliphatic rings. The predicted octanol–water partition coefficient (Wildman–Crippen LogP) is 3.69. The predicted molar refractivity (Wildman–Crippen MR) is 93.6 cm³/mol. The third kappa shape index (κ3) is 4.68. The molecule has 2 aromatic rings. The van der Waals surface area contributed by atoms with Crippen LogP contribution < -0.4 is 10.2 Å². The molecule has 0 heterocycles. The summed E-state index contributed by atoms with van der Waals surface area (Å²) < 4.78 is 0. The molecule has 2 aromatic carbocycles. The Balaban J connectivity index is 2.01. The fourth-order valence-electron chi connectivity index (χ4n) is 2.32. The number of rotatable bonds is 5. The Morgan fingerprint density at radius 1 is 1.00 bits per heavy atom. The van der Waals surface area contributed by atoms with Crippen molar-refractivity contribution in [3.8, 4) is 0 Å². The zero-order valence-electron chi connectivity index (χ0n) is 13.8. The molecule has 0 saturated carbocycles. The van der Waals surface area contributed by atoms with E-state index in [0.717, 1.165) is 16.9 Å². The number of para-hydroxylation sites is 1. The lowest BCUT2D eigenvalue weighted by molar-refractivity contribution is -0.117. The van der Waals surface area contributed by atoms with Crippen molar-refractivity contribution in [3.05, 3.63) is 59.7 Å². The van der Waals surface area contributed by atoms with E-state index in [4.69, 9.17) is 0 Å². The van der Waals surface area contributed by atoms with Gasteiger partial charge in [-0.25, -0.2) is 0 Å². The summed E-state index contributed by atoms with van der Waals surface area (Å²) in [5.74, 6) is -0.174. The summed E-state index contributed by atoms with van der Waals surface area (Å²) in [7, 11) is 0. The van der Waals surface area contributed by atoms with E-state index in [-0.39, 0.29) is 18.2 Å². The Kier molecular flexibility index (Phi) is 5.52. The summed E-state index contributed by atoms with van der Waals surface area (Å²) in [6, 6.07) is 15.2. The number of carbonyl (C=O) groups is 2. The van der Waals surface area contributed by atoms with Gasteiger partial charge < -0.3 is 10.2 Å². The highest BCUT2D eigenvalue weighted by Crippen LogP contribution is 2.19. The van der Waals surface area contributed by atoms with Gasteiger partial charge in [-0.05, 0) is 49.2 Å². The Hall–Kier alpha value is -2.62. The summed E-state index contributed by atoms with van der Waals surface area (Å²) in [5.41, 5.74) is 3.90. The maximum Gasteiger partial charge on any atom is 0.226 e. The summed E-state index contributed by atoms with van der Waals surface area (Å²) >= 11 is 0. The van der Waals surface area contributed by atoms with Gasteiger partial charge in [0.1, 0.15) is 0 Å². The van der Waals surface area contributed by atoms with E-state index in [9.17, 15) is 9.59 Å². The summed E-state index contributed by atoms with van der Waals surface area (Å²) in [6.07, 6.45) is 0.251. The van der Waals surface area contributed by atoms with Gasteiger partial charge in [0.05, 0.1) is 0 Å². The molecular weight excluding hydrogens is 288 g/mol. The first-order valence-corrected chi connectivity index (χ1v) is 7.67. The van der Waals surface area contributed by atoms with E-state index in [0.29, 0.717) is 6.54 Å². The Labute approximate surface area is 137 Å². The second-order valence-electron chi connectivity index (χ2n) is 5.60. The van der Waals surface area contributed by atoms with Crippen molar-refractivity contribution in [2.45, 2.75) is 27.2 Å². The molecule has 4 heteroatoms. The molecule has 0 fully saturated rings. The van der Waals surface area contributed by atoms with Crippen molar-refractivity contribution >= 4 is 23.2 Å². The highest BCUT2D eigenvalue weighted by molar-refractivity contribution is 5.94. The number of aryl methyl sites for hydroxylation is 2. The van der Waals surface area contributed by atoms with Crippen LogP contribution in [-0.4, -0.2) is 18.4 Å². The molecule has 2 rings (SSSR count). The molecule has 0 aliphatic carbocycles. The second kappa shape index (κ2) is 7.58. The van der Waals surface area contributed by atoms with Crippen molar-refractivity contribution in [3.63, 3.8) is 0 Å². The maximum atomic E-state index is 12.0. The lowest BCUT2D eigenvalue weighted by atomic mass is 10.1. The van der Waals surface area contributed by atoms with Crippen molar-refractivity contribution < 1.29 is 9.59 Å². The summed E-state index contributed by atoms with van der Waals surface area (Å²) in [6.45, 7) is 5.92. The van der Waals surface area contributed by atoms with Crippen LogP contribution in [0.1, 0.15) is 24.5 Å². The first-order valence-electron chi connectivity index (χ1n) is 7.67. The Bertz CT molecular complexity index is 696. The zero-order chi connectivity index (χ0) is 16.8. The fourth-order valence-corrected chi connectivity index (χ4v) is 2.32. The number of hydrogen-bond acceptors (Lipinski definition) is 2. The minimum Gasteiger partial charge on any atom is -0.326 e. The first-order chi connectivity index (χ1) is 11.0. The molecule has 4 nitrogen and oxygen atoms in total. The molecule has 1 N–H and O–H groups in total. The van der Waals surface area contributed by atoms with Crippen molar-refractivity contribution in [2.75, 3.05) is 16.8 Å². The minimum atomic E-state index is -0.105. The Morgan fingerprint density at radius 3 is 2.30 bits per heavy atom. The smallest absolute Gasteiger partial charge is 0.226 e. The molecule has 0 radical (unpaired) electrons. The highest BCUT2D eigenvalue weighted by Gasteiger charge is 2.14. The number of nitrogens with zero attached hydrogens (tertiary/aromatic N) is 1. The number of carbonyl (C=O) groups excluding carboxylic acids is 2. The lowest BCUT2D eigenvalue weighted by Crippen LogP contribution is -2.32. The zero-order valence-corrected chi connectivity index (χ0v) is 13.8. The molecule has 2 amide bonds. The molecular formula is C19H22N2O2. The van der Waals surface area contributed by atoms with Gasteiger partial charge in [-0.3, -0.25) is 9.59 Å². The van der Waals surface area contributed by atoms with Gasteiger partial charge in [-0.1, -0.05) is 24.3 Å². The molecule has 0 aliphatic heterocycles. The van der Waals surface area contributed by atoms with Crippen molar-refractivity contribution in [2.24, 2.45) is 0 Å². The monoisotopic (exact) mass is 310 g/mol. The van der Waals surface area contributed by atoms with Crippen LogP contribution in [0.3, 0.4) is 0 Å². The molecule has 23 heavy (non-hydrogen) atoms. The molecule has 0 unspecified atom stereocenters. The highest BCUT2D eigenvalue weighted by atomic mass is 16.2. The molecule has 0 spiro atoms. The van der Waals surface area contributed by atoms with Gasteiger partial charge in [0.15, 0.2) is 0 Å². The van der Waals surface area contributed by atoms with Crippen LogP contribution in [0.25, 0.3) is 0 Å². The van der Waals surface area contributed by atoms with E-state index < -0.39 is 0 Å². The van der Waals surface area contributed by atoms with Crippen LogP contribution >= 0.6 is 0 Å². The summed E-state index contributed by atoms with van der Waals surface area (Å²) in [4.78, 5) is 25.6. The number of anilines is 2. The van der Waals surface area contributed by atoms with Crippen molar-refractivity contribution in [1.82, 2.24) is 0 Å². The van der Waals surface area contributed by atoms with E-state index >= 15 is 0 Å². The fraction of sp³-hybridized carbons (Fsp3) is 0.263. The SMILES string of the molecule is CC(=O)N(CCC(=O)Nc1ccccc1)c1ccc(C)c(C)c1. The number of amides is 2. The summed E-state index contributed by atoms with van der Waals surface area (Å²) in [5, 5.41) is 2.83. The topological polar surface area (TPSA) is 49.4 Å². The average Bonchev–Trinajstić information content (AvgIpc) is 2.51. The number of nitrogens with one attached hydrogen (secondary N) is 1. The second-order valence-corrected chi connectivity index (χ2v) is 5.60. The van der Waals surface area contributed by atoms with Crippen LogP contribution in [0.5, 0.6) is 0 Å². The van der Waals surface area contributed by atoms with E-state index in [2.05, 4.69) is 5.32 Å². The molecule has 0 bridgehead atoms. The molecule has 0 atom stereocenters.